The SMILES string of the molecule is CC(=O)C(C)(O)c1ccc[nH]1. The molecule has 0 spiro atoms. The molecule has 3 heteroatoms. The Labute approximate surface area is 65.1 Å². The lowest BCUT2D eigenvalue weighted by atomic mass is 9.98. The van der Waals surface area contributed by atoms with Crippen LogP contribution in [0.15, 0.2) is 18.3 Å². The molecule has 1 unspecified atom stereocenters. The molecule has 1 rings (SSSR count). The number of aromatic amines is 1. The van der Waals surface area contributed by atoms with E-state index in [2.05, 4.69) is 4.98 Å². The topological polar surface area (TPSA) is 53.1 Å². The fourth-order valence-electron chi connectivity index (χ4n) is 0.823. The third-order valence-electron chi connectivity index (χ3n) is 1.81. The standard InChI is InChI=1S/C8H11NO2/c1-6(10)8(2,11)7-4-3-5-9-7/h3-5,9,11H,1-2H3. The second-order valence-electron chi connectivity index (χ2n) is 2.71. The highest BCUT2D eigenvalue weighted by Gasteiger charge is 2.29. The summed E-state index contributed by atoms with van der Waals surface area (Å²) in [6.07, 6.45) is 1.67. The van der Waals surface area contributed by atoms with Crippen molar-refractivity contribution in [2.24, 2.45) is 0 Å². The number of rotatable bonds is 2. The molecule has 60 valence electrons. The van der Waals surface area contributed by atoms with Crippen LogP contribution in [0.1, 0.15) is 19.5 Å². The molecule has 2 N–H and O–H groups in total. The molecular weight excluding hydrogens is 142 g/mol. The lowest BCUT2D eigenvalue weighted by Crippen LogP contribution is -2.30. The first kappa shape index (κ1) is 8.01. The van der Waals surface area contributed by atoms with Gasteiger partial charge in [0.1, 0.15) is 0 Å². The molecule has 0 saturated carbocycles. The van der Waals surface area contributed by atoms with E-state index in [9.17, 15) is 9.90 Å². The Balaban J connectivity index is 3.00. The summed E-state index contributed by atoms with van der Waals surface area (Å²) in [5.74, 6) is -0.264. The van der Waals surface area contributed by atoms with Gasteiger partial charge in [0.05, 0.1) is 5.69 Å². The molecule has 1 heterocycles. The van der Waals surface area contributed by atoms with Gasteiger partial charge in [0.2, 0.25) is 0 Å². The minimum atomic E-state index is -1.37. The molecule has 1 aromatic rings. The maximum Gasteiger partial charge on any atom is 0.167 e. The van der Waals surface area contributed by atoms with Gasteiger partial charge in [0.15, 0.2) is 11.4 Å². The first-order chi connectivity index (χ1) is 5.05. The van der Waals surface area contributed by atoms with Crippen LogP contribution < -0.4 is 0 Å². The van der Waals surface area contributed by atoms with Crippen molar-refractivity contribution < 1.29 is 9.90 Å². The highest BCUT2D eigenvalue weighted by molar-refractivity contribution is 5.85. The second kappa shape index (κ2) is 2.51. The smallest absolute Gasteiger partial charge is 0.167 e. The molecule has 0 radical (unpaired) electrons. The number of aliphatic hydroxyl groups is 1. The number of ketones is 1. The van der Waals surface area contributed by atoms with Crippen LogP contribution >= 0.6 is 0 Å². The zero-order valence-electron chi connectivity index (χ0n) is 6.59. The molecule has 0 aromatic carbocycles. The zero-order valence-corrected chi connectivity index (χ0v) is 6.59. The first-order valence-corrected chi connectivity index (χ1v) is 3.42. The molecule has 0 aliphatic carbocycles. The van der Waals surface area contributed by atoms with Crippen LogP contribution in [-0.4, -0.2) is 15.9 Å². The van der Waals surface area contributed by atoms with Gasteiger partial charge in [-0.05, 0) is 26.0 Å². The van der Waals surface area contributed by atoms with E-state index in [-0.39, 0.29) is 5.78 Å². The number of carbonyl (C=O) groups is 1. The van der Waals surface area contributed by atoms with Crippen LogP contribution in [0.3, 0.4) is 0 Å². The molecule has 0 saturated heterocycles. The van der Waals surface area contributed by atoms with Gasteiger partial charge < -0.3 is 10.1 Å². The van der Waals surface area contributed by atoms with Crippen molar-refractivity contribution in [3.8, 4) is 0 Å². The third-order valence-corrected chi connectivity index (χ3v) is 1.81. The van der Waals surface area contributed by atoms with Crippen LogP contribution in [0.4, 0.5) is 0 Å². The van der Waals surface area contributed by atoms with E-state index < -0.39 is 5.60 Å². The summed E-state index contributed by atoms with van der Waals surface area (Å²) < 4.78 is 0. The Morgan fingerprint density at radius 2 is 2.36 bits per heavy atom. The maximum atomic E-state index is 10.9. The van der Waals surface area contributed by atoms with Crippen LogP contribution in [0.2, 0.25) is 0 Å². The van der Waals surface area contributed by atoms with E-state index in [1.807, 2.05) is 0 Å². The molecule has 1 aromatic heterocycles. The third kappa shape index (κ3) is 1.33. The number of H-pyrrole nitrogens is 1. The van der Waals surface area contributed by atoms with E-state index in [0.717, 1.165) is 0 Å². The van der Waals surface area contributed by atoms with Gasteiger partial charge in [-0.1, -0.05) is 0 Å². The van der Waals surface area contributed by atoms with Crippen molar-refractivity contribution in [3.05, 3.63) is 24.0 Å². The van der Waals surface area contributed by atoms with Gasteiger partial charge in [-0.25, -0.2) is 0 Å². The maximum absolute atomic E-state index is 10.9. The Morgan fingerprint density at radius 3 is 2.73 bits per heavy atom. The van der Waals surface area contributed by atoms with Crippen LogP contribution in [0, 0.1) is 0 Å². The number of hydrogen-bond donors (Lipinski definition) is 2. The summed E-state index contributed by atoms with van der Waals surface area (Å²) in [6, 6.07) is 3.42. The summed E-state index contributed by atoms with van der Waals surface area (Å²) in [6.45, 7) is 2.84. The molecule has 0 amide bonds. The van der Waals surface area contributed by atoms with E-state index in [1.165, 1.54) is 13.8 Å². The highest BCUT2D eigenvalue weighted by atomic mass is 16.3. The molecule has 0 aliphatic rings. The Morgan fingerprint density at radius 1 is 1.73 bits per heavy atom. The lowest BCUT2D eigenvalue weighted by molar-refractivity contribution is -0.134. The van der Waals surface area contributed by atoms with Crippen molar-refractivity contribution in [3.63, 3.8) is 0 Å². The predicted molar refractivity (Wildman–Crippen MR) is 41.0 cm³/mol. The monoisotopic (exact) mass is 153 g/mol. The zero-order chi connectivity index (χ0) is 8.48. The Bertz CT molecular complexity index is 249. The number of nitrogens with one attached hydrogen (secondary N) is 1. The van der Waals surface area contributed by atoms with Crippen LogP contribution in [0.25, 0.3) is 0 Å². The molecule has 0 bridgehead atoms. The van der Waals surface area contributed by atoms with Crippen molar-refractivity contribution in [2.75, 3.05) is 0 Å². The quantitative estimate of drug-likeness (QED) is 0.660. The summed E-state index contributed by atoms with van der Waals surface area (Å²) in [4.78, 5) is 13.7. The van der Waals surface area contributed by atoms with E-state index in [0.29, 0.717) is 5.69 Å². The molecule has 0 aliphatic heterocycles. The van der Waals surface area contributed by atoms with E-state index in [4.69, 9.17) is 0 Å². The largest absolute Gasteiger partial charge is 0.376 e. The normalized spacial score (nSPS) is 15.9. The molecule has 3 nitrogen and oxygen atoms in total. The number of hydrogen-bond acceptors (Lipinski definition) is 2. The first-order valence-electron chi connectivity index (χ1n) is 3.42. The minimum Gasteiger partial charge on any atom is -0.376 e. The van der Waals surface area contributed by atoms with Crippen molar-refractivity contribution >= 4 is 5.78 Å². The average molecular weight is 153 g/mol. The van der Waals surface area contributed by atoms with Gasteiger partial charge >= 0.3 is 0 Å². The summed E-state index contributed by atoms with van der Waals surface area (Å²) >= 11 is 0. The molecule has 0 fully saturated rings. The number of carbonyl (C=O) groups excluding carboxylic acids is 1. The predicted octanol–water partition coefficient (Wildman–Crippen LogP) is 0.811. The fraction of sp³-hybridized carbons (Fsp3) is 0.375. The van der Waals surface area contributed by atoms with Gasteiger partial charge in [-0.2, -0.15) is 0 Å². The summed E-state index contributed by atoms with van der Waals surface area (Å²) in [5, 5.41) is 9.57. The van der Waals surface area contributed by atoms with Gasteiger partial charge in [0.25, 0.3) is 0 Å². The van der Waals surface area contributed by atoms with Crippen molar-refractivity contribution in [2.45, 2.75) is 19.4 Å². The summed E-state index contributed by atoms with van der Waals surface area (Å²) in [7, 11) is 0. The molecule has 11 heavy (non-hydrogen) atoms. The second-order valence-corrected chi connectivity index (χ2v) is 2.71. The van der Waals surface area contributed by atoms with Gasteiger partial charge in [-0.15, -0.1) is 0 Å². The van der Waals surface area contributed by atoms with E-state index >= 15 is 0 Å². The molecular formula is C8H11NO2. The van der Waals surface area contributed by atoms with Gasteiger partial charge in [0, 0.05) is 6.20 Å². The number of Topliss-reactive ketones (excluding diaryl/α,β-unsaturated/α-hetero) is 1. The van der Waals surface area contributed by atoms with Gasteiger partial charge in [-0.3, -0.25) is 4.79 Å². The lowest BCUT2D eigenvalue weighted by Gasteiger charge is -2.17. The Kier molecular flexibility index (Phi) is 1.83. The molecule has 1 atom stereocenters. The average Bonchev–Trinajstić information content (AvgIpc) is 2.37. The minimum absolute atomic E-state index is 0.264. The van der Waals surface area contributed by atoms with E-state index in [1.54, 1.807) is 18.3 Å². The summed E-state index contributed by atoms with van der Waals surface area (Å²) in [5.41, 5.74) is -0.839. The Hall–Kier alpha value is -1.09. The van der Waals surface area contributed by atoms with Crippen molar-refractivity contribution in [1.29, 1.82) is 0 Å². The van der Waals surface area contributed by atoms with Crippen LogP contribution in [-0.2, 0) is 10.4 Å². The fourth-order valence-corrected chi connectivity index (χ4v) is 0.823. The van der Waals surface area contributed by atoms with Crippen molar-refractivity contribution in [1.82, 2.24) is 4.98 Å². The number of aromatic nitrogens is 1. The van der Waals surface area contributed by atoms with Crippen LogP contribution in [0.5, 0.6) is 0 Å². The highest BCUT2D eigenvalue weighted by Crippen LogP contribution is 2.18.